The molecule has 0 aliphatic carbocycles. The highest BCUT2D eigenvalue weighted by molar-refractivity contribution is 7.99. The second-order valence-electron chi connectivity index (χ2n) is 4.10. The van der Waals surface area contributed by atoms with Crippen molar-refractivity contribution in [2.45, 2.75) is 37.2 Å². The molecule has 1 fully saturated rings. The fraction of sp³-hybridized carbons (Fsp3) is 0.818. The molecule has 0 aromatic carbocycles. The van der Waals surface area contributed by atoms with E-state index >= 15 is 0 Å². The summed E-state index contributed by atoms with van der Waals surface area (Å²) in [4.78, 5) is 0. The van der Waals surface area contributed by atoms with Crippen molar-refractivity contribution in [2.75, 3.05) is 25.1 Å². The highest BCUT2D eigenvalue weighted by atomic mass is 32.2. The lowest BCUT2D eigenvalue weighted by molar-refractivity contribution is 0.1000. The quantitative estimate of drug-likeness (QED) is 0.863. The Balaban J connectivity index is 1.79. The van der Waals surface area contributed by atoms with Crippen molar-refractivity contribution < 1.29 is 4.74 Å². The van der Waals surface area contributed by atoms with Gasteiger partial charge in [0.15, 0.2) is 0 Å². The topological polar surface area (TPSA) is 47.0 Å². The Bertz CT molecular complexity index is 326. The summed E-state index contributed by atoms with van der Waals surface area (Å²) in [6.45, 7) is 4.98. The van der Waals surface area contributed by atoms with Crippen LogP contribution in [-0.2, 0) is 10.5 Å². The maximum absolute atomic E-state index is 5.36. The Morgan fingerprint density at radius 1 is 1.47 bits per heavy atom. The SMILES string of the molecule is CCCNc1snnc1CSC1CCOCC1. The van der Waals surface area contributed by atoms with Crippen molar-refractivity contribution >= 4 is 28.3 Å². The molecule has 0 amide bonds. The third-order valence-electron chi connectivity index (χ3n) is 2.72. The van der Waals surface area contributed by atoms with E-state index in [2.05, 4.69) is 21.8 Å². The molecule has 0 radical (unpaired) electrons. The molecule has 0 saturated carbocycles. The van der Waals surface area contributed by atoms with Gasteiger partial charge < -0.3 is 10.1 Å². The van der Waals surface area contributed by atoms with Crippen LogP contribution in [0, 0.1) is 0 Å². The zero-order valence-corrected chi connectivity index (χ0v) is 11.8. The first-order valence-corrected chi connectivity index (χ1v) is 7.96. The number of aromatic nitrogens is 2. The molecule has 2 heterocycles. The first-order valence-electron chi connectivity index (χ1n) is 6.14. The average molecular weight is 273 g/mol. The Kier molecular flexibility index (Phi) is 5.54. The van der Waals surface area contributed by atoms with Gasteiger partial charge in [0, 0.05) is 42.3 Å². The van der Waals surface area contributed by atoms with Crippen molar-refractivity contribution in [2.24, 2.45) is 0 Å². The van der Waals surface area contributed by atoms with Crippen LogP contribution in [0.25, 0.3) is 0 Å². The van der Waals surface area contributed by atoms with Gasteiger partial charge in [-0.1, -0.05) is 11.4 Å². The van der Waals surface area contributed by atoms with Crippen LogP contribution in [0.4, 0.5) is 5.00 Å². The molecule has 6 heteroatoms. The van der Waals surface area contributed by atoms with Gasteiger partial charge in [-0.2, -0.15) is 11.8 Å². The zero-order valence-electron chi connectivity index (χ0n) is 10.1. The van der Waals surface area contributed by atoms with Crippen LogP contribution in [0.15, 0.2) is 0 Å². The molecule has 1 aliphatic rings. The summed E-state index contributed by atoms with van der Waals surface area (Å²) >= 11 is 3.45. The number of nitrogens with one attached hydrogen (secondary N) is 1. The van der Waals surface area contributed by atoms with Crippen molar-refractivity contribution in [3.63, 3.8) is 0 Å². The number of anilines is 1. The molecule has 17 heavy (non-hydrogen) atoms. The molecule has 1 aromatic heterocycles. The molecule has 1 N–H and O–H groups in total. The Morgan fingerprint density at radius 3 is 3.06 bits per heavy atom. The minimum atomic E-state index is 0.726. The van der Waals surface area contributed by atoms with E-state index in [0.717, 1.165) is 47.9 Å². The number of hydrogen-bond donors (Lipinski definition) is 1. The van der Waals surface area contributed by atoms with E-state index in [0.29, 0.717) is 0 Å². The van der Waals surface area contributed by atoms with Crippen molar-refractivity contribution in [1.29, 1.82) is 0 Å². The lowest BCUT2D eigenvalue weighted by Crippen LogP contribution is -2.17. The second-order valence-corrected chi connectivity index (χ2v) is 6.14. The van der Waals surface area contributed by atoms with Crippen molar-refractivity contribution in [3.05, 3.63) is 5.69 Å². The second kappa shape index (κ2) is 7.18. The maximum atomic E-state index is 5.36. The summed E-state index contributed by atoms with van der Waals surface area (Å²) in [6.07, 6.45) is 3.46. The highest BCUT2D eigenvalue weighted by Crippen LogP contribution is 2.28. The minimum absolute atomic E-state index is 0.726. The first kappa shape index (κ1) is 13.1. The maximum Gasteiger partial charge on any atom is 0.134 e. The Hall–Kier alpha value is -0.330. The predicted octanol–water partition coefficient (Wildman–Crippen LogP) is 2.77. The third kappa shape index (κ3) is 4.12. The molecule has 0 spiro atoms. The number of ether oxygens (including phenoxy) is 1. The number of nitrogens with zero attached hydrogens (tertiary/aromatic N) is 2. The fourth-order valence-electron chi connectivity index (χ4n) is 1.72. The van der Waals surface area contributed by atoms with E-state index in [1.165, 1.54) is 24.4 Å². The van der Waals surface area contributed by atoms with E-state index < -0.39 is 0 Å². The summed E-state index contributed by atoms with van der Waals surface area (Å²) in [7, 11) is 0. The summed E-state index contributed by atoms with van der Waals surface area (Å²) < 4.78 is 9.39. The van der Waals surface area contributed by atoms with Gasteiger partial charge in [-0.05, 0) is 19.3 Å². The van der Waals surface area contributed by atoms with Crippen LogP contribution >= 0.6 is 23.3 Å². The predicted molar refractivity (Wildman–Crippen MR) is 73.8 cm³/mol. The average Bonchev–Trinajstić information content (AvgIpc) is 2.82. The van der Waals surface area contributed by atoms with E-state index in [9.17, 15) is 0 Å². The molecule has 1 aromatic rings. The van der Waals surface area contributed by atoms with Crippen LogP contribution in [-0.4, -0.2) is 34.6 Å². The fourth-order valence-corrected chi connectivity index (χ4v) is 3.53. The lowest BCUT2D eigenvalue weighted by atomic mass is 10.2. The first-order chi connectivity index (χ1) is 8.40. The number of thioether (sulfide) groups is 1. The van der Waals surface area contributed by atoms with Gasteiger partial charge in [-0.25, -0.2) is 0 Å². The summed E-state index contributed by atoms with van der Waals surface area (Å²) in [5.41, 5.74) is 1.11. The van der Waals surface area contributed by atoms with Crippen LogP contribution < -0.4 is 5.32 Å². The van der Waals surface area contributed by atoms with E-state index in [1.54, 1.807) is 0 Å². The summed E-state index contributed by atoms with van der Waals surface area (Å²) in [5.74, 6) is 0.965. The Labute approximate surface area is 111 Å². The van der Waals surface area contributed by atoms with E-state index in [4.69, 9.17) is 4.74 Å². The lowest BCUT2D eigenvalue weighted by Gasteiger charge is -2.21. The molecule has 1 aliphatic heterocycles. The monoisotopic (exact) mass is 273 g/mol. The van der Waals surface area contributed by atoms with Gasteiger partial charge in [-0.3, -0.25) is 0 Å². The van der Waals surface area contributed by atoms with Crippen LogP contribution in [0.2, 0.25) is 0 Å². The molecular weight excluding hydrogens is 254 g/mol. The van der Waals surface area contributed by atoms with E-state index in [1.807, 2.05) is 11.8 Å². The van der Waals surface area contributed by atoms with Gasteiger partial charge in [-0.15, -0.1) is 5.10 Å². The minimum Gasteiger partial charge on any atom is -0.381 e. The van der Waals surface area contributed by atoms with Gasteiger partial charge >= 0.3 is 0 Å². The van der Waals surface area contributed by atoms with E-state index in [-0.39, 0.29) is 0 Å². The van der Waals surface area contributed by atoms with Crippen LogP contribution in [0.3, 0.4) is 0 Å². The van der Waals surface area contributed by atoms with Gasteiger partial charge in [0.25, 0.3) is 0 Å². The summed E-state index contributed by atoms with van der Waals surface area (Å²) in [6, 6.07) is 0. The molecule has 96 valence electrons. The largest absolute Gasteiger partial charge is 0.381 e. The Morgan fingerprint density at radius 2 is 2.29 bits per heavy atom. The molecule has 4 nitrogen and oxygen atoms in total. The summed E-state index contributed by atoms with van der Waals surface area (Å²) in [5, 5.41) is 9.46. The van der Waals surface area contributed by atoms with Crippen LogP contribution in [0.1, 0.15) is 31.9 Å². The number of rotatable bonds is 6. The molecular formula is C11H19N3OS2. The van der Waals surface area contributed by atoms with Gasteiger partial charge in [0.1, 0.15) is 10.7 Å². The standard InChI is InChI=1S/C11H19N3OS2/c1-2-5-12-11-10(13-14-17-11)8-16-9-3-6-15-7-4-9/h9,12H,2-8H2,1H3. The zero-order chi connectivity index (χ0) is 11.9. The molecule has 0 bridgehead atoms. The molecule has 1 saturated heterocycles. The molecule has 0 unspecified atom stereocenters. The van der Waals surface area contributed by atoms with Crippen LogP contribution in [0.5, 0.6) is 0 Å². The van der Waals surface area contributed by atoms with Gasteiger partial charge in [0.05, 0.1) is 0 Å². The highest BCUT2D eigenvalue weighted by Gasteiger charge is 2.16. The smallest absolute Gasteiger partial charge is 0.134 e. The molecule has 0 atom stereocenters. The van der Waals surface area contributed by atoms with Crippen molar-refractivity contribution in [3.8, 4) is 0 Å². The molecule has 2 rings (SSSR count). The van der Waals surface area contributed by atoms with Crippen molar-refractivity contribution in [1.82, 2.24) is 9.59 Å². The van der Waals surface area contributed by atoms with Gasteiger partial charge in [0.2, 0.25) is 0 Å². The number of hydrogen-bond acceptors (Lipinski definition) is 6. The third-order valence-corrected chi connectivity index (χ3v) is 4.82. The normalized spacial score (nSPS) is 17.2.